The molecule has 0 saturated heterocycles. The van der Waals surface area contributed by atoms with Gasteiger partial charge in [0, 0.05) is 6.04 Å². The van der Waals surface area contributed by atoms with E-state index in [4.69, 9.17) is 11.6 Å². The van der Waals surface area contributed by atoms with Crippen LogP contribution < -0.4 is 5.32 Å². The summed E-state index contributed by atoms with van der Waals surface area (Å²) in [5, 5.41) is 3.71. The van der Waals surface area contributed by atoms with Crippen LogP contribution in [0.4, 0.5) is 4.39 Å². The van der Waals surface area contributed by atoms with Crippen LogP contribution >= 0.6 is 11.6 Å². The lowest BCUT2D eigenvalue weighted by Crippen LogP contribution is -2.29. The molecule has 1 saturated carbocycles. The maximum atomic E-state index is 13.6. The Hall–Kier alpha value is -0.600. The summed E-state index contributed by atoms with van der Waals surface area (Å²) in [4.78, 5) is 0. The topological polar surface area (TPSA) is 12.0 Å². The number of halogens is 2. The summed E-state index contributed by atoms with van der Waals surface area (Å²) < 4.78 is 13.6. The van der Waals surface area contributed by atoms with E-state index in [1.807, 2.05) is 6.07 Å². The average Bonchev–Trinajstić information content (AvgIpc) is 2.40. The molecule has 1 aliphatic carbocycles. The molecular formula is C15H21ClFN. The molecule has 1 N–H and O–H groups in total. The zero-order valence-corrected chi connectivity index (χ0v) is 11.6. The van der Waals surface area contributed by atoms with Gasteiger partial charge in [-0.15, -0.1) is 0 Å². The normalized spacial score (nSPS) is 18.8. The van der Waals surface area contributed by atoms with E-state index in [1.54, 1.807) is 12.1 Å². The van der Waals surface area contributed by atoms with E-state index in [9.17, 15) is 4.39 Å². The highest BCUT2D eigenvalue weighted by Gasteiger charge is 2.24. The van der Waals surface area contributed by atoms with Crippen molar-refractivity contribution in [2.24, 2.45) is 5.92 Å². The fraction of sp³-hybridized carbons (Fsp3) is 0.600. The van der Waals surface area contributed by atoms with Crippen LogP contribution in [0, 0.1) is 11.7 Å². The molecule has 3 heteroatoms. The molecule has 100 valence electrons. The zero-order valence-electron chi connectivity index (χ0n) is 10.9. The predicted octanol–water partition coefficient (Wildman–Crippen LogP) is 4.71. The van der Waals surface area contributed by atoms with E-state index in [1.165, 1.54) is 32.1 Å². The number of hydrogen-bond acceptors (Lipinski definition) is 1. The molecule has 0 aromatic heterocycles. The lowest BCUT2D eigenvalue weighted by atomic mass is 9.81. The Bertz CT molecular complexity index is 388. The largest absolute Gasteiger partial charge is 0.310 e. The summed E-state index contributed by atoms with van der Waals surface area (Å²) in [6.45, 7) is 3.01. The van der Waals surface area contributed by atoms with Crippen molar-refractivity contribution in [2.75, 3.05) is 6.54 Å². The van der Waals surface area contributed by atoms with Crippen molar-refractivity contribution in [3.05, 3.63) is 34.6 Å². The third-order valence-corrected chi connectivity index (χ3v) is 4.15. The van der Waals surface area contributed by atoms with Crippen LogP contribution in [0.5, 0.6) is 0 Å². The van der Waals surface area contributed by atoms with Crippen LogP contribution in [-0.4, -0.2) is 6.54 Å². The quantitative estimate of drug-likeness (QED) is 0.835. The molecule has 1 aromatic carbocycles. The Morgan fingerprint density at radius 2 is 2.06 bits per heavy atom. The molecule has 0 heterocycles. The second-order valence-corrected chi connectivity index (χ2v) is 5.51. The molecule has 1 aliphatic rings. The van der Waals surface area contributed by atoms with Crippen molar-refractivity contribution in [3.8, 4) is 0 Å². The van der Waals surface area contributed by atoms with Gasteiger partial charge in [0.05, 0.1) is 5.02 Å². The van der Waals surface area contributed by atoms with E-state index in [0.717, 1.165) is 12.1 Å². The molecule has 1 aromatic rings. The molecule has 18 heavy (non-hydrogen) atoms. The van der Waals surface area contributed by atoms with Gasteiger partial charge in [0.2, 0.25) is 0 Å². The molecule has 1 nitrogen and oxygen atoms in total. The molecule has 0 radical (unpaired) electrons. The molecule has 0 bridgehead atoms. The third-order valence-electron chi connectivity index (χ3n) is 3.85. The second kappa shape index (κ2) is 6.53. The van der Waals surface area contributed by atoms with Gasteiger partial charge in [-0.3, -0.25) is 0 Å². The van der Waals surface area contributed by atoms with Gasteiger partial charge >= 0.3 is 0 Å². The fourth-order valence-electron chi connectivity index (χ4n) is 2.95. The predicted molar refractivity (Wildman–Crippen MR) is 74.4 cm³/mol. The first-order valence-corrected chi connectivity index (χ1v) is 7.28. The minimum Gasteiger partial charge on any atom is -0.310 e. The smallest absolute Gasteiger partial charge is 0.142 e. The highest BCUT2D eigenvalue weighted by Crippen LogP contribution is 2.35. The minimum absolute atomic E-state index is 0.206. The maximum absolute atomic E-state index is 13.6. The standard InChI is InChI=1S/C15H21ClFN/c1-2-18-15(11-6-4-3-5-7-11)12-8-9-13(16)14(17)10-12/h8-11,15,18H,2-7H2,1H3. The van der Waals surface area contributed by atoms with Gasteiger partial charge in [-0.2, -0.15) is 0 Å². The Morgan fingerprint density at radius 1 is 1.33 bits per heavy atom. The molecule has 1 fully saturated rings. The van der Waals surface area contributed by atoms with E-state index in [-0.39, 0.29) is 16.9 Å². The van der Waals surface area contributed by atoms with Gasteiger partial charge in [-0.05, 0) is 43.0 Å². The number of hydrogen-bond donors (Lipinski definition) is 1. The monoisotopic (exact) mass is 269 g/mol. The lowest BCUT2D eigenvalue weighted by Gasteiger charge is -2.31. The van der Waals surface area contributed by atoms with Gasteiger partial charge in [-0.1, -0.05) is 43.9 Å². The summed E-state index contributed by atoms with van der Waals surface area (Å²) in [7, 11) is 0. The molecule has 0 spiro atoms. The minimum atomic E-state index is -0.312. The van der Waals surface area contributed by atoms with Crippen molar-refractivity contribution in [1.29, 1.82) is 0 Å². The van der Waals surface area contributed by atoms with E-state index in [2.05, 4.69) is 12.2 Å². The summed E-state index contributed by atoms with van der Waals surface area (Å²) >= 11 is 5.75. The fourth-order valence-corrected chi connectivity index (χ4v) is 3.07. The third kappa shape index (κ3) is 3.24. The van der Waals surface area contributed by atoms with Crippen molar-refractivity contribution >= 4 is 11.6 Å². The van der Waals surface area contributed by atoms with Gasteiger partial charge in [0.15, 0.2) is 0 Å². The lowest BCUT2D eigenvalue weighted by molar-refractivity contribution is 0.274. The van der Waals surface area contributed by atoms with Crippen molar-refractivity contribution in [2.45, 2.75) is 45.1 Å². The Balaban J connectivity index is 2.19. The summed E-state index contributed by atoms with van der Waals surface area (Å²) in [6, 6.07) is 5.47. The van der Waals surface area contributed by atoms with Crippen LogP contribution in [0.1, 0.15) is 50.6 Å². The Morgan fingerprint density at radius 3 is 2.67 bits per heavy atom. The van der Waals surface area contributed by atoms with E-state index in [0.29, 0.717) is 5.92 Å². The average molecular weight is 270 g/mol. The second-order valence-electron chi connectivity index (χ2n) is 5.11. The molecule has 0 amide bonds. The maximum Gasteiger partial charge on any atom is 0.142 e. The summed E-state index contributed by atoms with van der Waals surface area (Å²) in [5.74, 6) is 0.312. The van der Waals surface area contributed by atoms with Crippen LogP contribution in [0.15, 0.2) is 18.2 Å². The van der Waals surface area contributed by atoms with Crippen LogP contribution in [0.25, 0.3) is 0 Å². The van der Waals surface area contributed by atoms with Crippen molar-refractivity contribution in [3.63, 3.8) is 0 Å². The van der Waals surface area contributed by atoms with Crippen LogP contribution in [0.2, 0.25) is 5.02 Å². The SMILES string of the molecule is CCNC(c1ccc(Cl)c(F)c1)C1CCCCC1. The van der Waals surface area contributed by atoms with Crippen molar-refractivity contribution in [1.82, 2.24) is 5.32 Å². The van der Waals surface area contributed by atoms with E-state index >= 15 is 0 Å². The Labute approximate surface area is 114 Å². The molecule has 1 unspecified atom stereocenters. The number of nitrogens with one attached hydrogen (secondary N) is 1. The first kappa shape index (κ1) is 13.8. The number of rotatable bonds is 4. The van der Waals surface area contributed by atoms with Gasteiger partial charge < -0.3 is 5.32 Å². The van der Waals surface area contributed by atoms with Gasteiger partial charge in [0.1, 0.15) is 5.82 Å². The molecular weight excluding hydrogens is 249 g/mol. The van der Waals surface area contributed by atoms with Crippen LogP contribution in [-0.2, 0) is 0 Å². The molecule has 2 rings (SSSR count). The number of benzene rings is 1. The van der Waals surface area contributed by atoms with Gasteiger partial charge in [-0.25, -0.2) is 4.39 Å². The first-order valence-electron chi connectivity index (χ1n) is 6.90. The highest BCUT2D eigenvalue weighted by atomic mass is 35.5. The summed E-state index contributed by atoms with van der Waals surface area (Å²) in [6.07, 6.45) is 6.40. The molecule has 1 atom stereocenters. The van der Waals surface area contributed by atoms with E-state index < -0.39 is 0 Å². The zero-order chi connectivity index (χ0) is 13.0. The summed E-state index contributed by atoms with van der Waals surface area (Å²) in [5.41, 5.74) is 1.03. The van der Waals surface area contributed by atoms with Gasteiger partial charge in [0.25, 0.3) is 0 Å². The Kier molecular flexibility index (Phi) is 5.02. The highest BCUT2D eigenvalue weighted by molar-refractivity contribution is 6.30. The van der Waals surface area contributed by atoms with Crippen molar-refractivity contribution < 1.29 is 4.39 Å². The first-order chi connectivity index (χ1) is 8.72. The van der Waals surface area contributed by atoms with Crippen LogP contribution in [0.3, 0.4) is 0 Å². The molecule has 0 aliphatic heterocycles.